The van der Waals surface area contributed by atoms with E-state index in [1.54, 1.807) is 0 Å². The predicted octanol–water partition coefficient (Wildman–Crippen LogP) is 3.85. The molecule has 138 valence electrons. The molecule has 4 nitrogen and oxygen atoms in total. The summed E-state index contributed by atoms with van der Waals surface area (Å²) < 4.78 is 0. The molecule has 0 unspecified atom stereocenters. The molecule has 1 N–H and O–H groups in total. The third-order valence-electron chi connectivity index (χ3n) is 4.78. The summed E-state index contributed by atoms with van der Waals surface area (Å²) in [5.41, 5.74) is 2.59. The van der Waals surface area contributed by atoms with E-state index in [4.69, 9.17) is 0 Å². The van der Waals surface area contributed by atoms with Crippen molar-refractivity contribution in [1.82, 2.24) is 15.2 Å². The number of para-hydroxylation sites is 1. The van der Waals surface area contributed by atoms with Gasteiger partial charge in [0.05, 0.1) is 11.1 Å². The van der Waals surface area contributed by atoms with E-state index in [0.717, 1.165) is 60.6 Å². The molecule has 6 heteroatoms. The first kappa shape index (κ1) is 21.7. The highest BCUT2D eigenvalue weighted by Gasteiger charge is 2.24. The molecule has 1 amide bonds. The van der Waals surface area contributed by atoms with Crippen LogP contribution in [0.2, 0.25) is 0 Å². The van der Waals surface area contributed by atoms with E-state index in [9.17, 15) is 4.79 Å². The number of nitrogens with one attached hydrogen (secondary N) is 1. The molecule has 2 aromatic rings. The van der Waals surface area contributed by atoms with Crippen LogP contribution in [0.5, 0.6) is 0 Å². The Bertz CT molecular complexity index is 700. The quantitative estimate of drug-likeness (QED) is 0.871. The number of fused-ring (bicyclic) bond motifs is 1. The van der Waals surface area contributed by atoms with Crippen molar-refractivity contribution in [2.75, 3.05) is 26.7 Å². The fraction of sp³-hybridized carbons (Fsp3) is 0.474. The molecular weight excluding hydrogens is 357 g/mol. The van der Waals surface area contributed by atoms with Crippen LogP contribution in [0.15, 0.2) is 30.3 Å². The van der Waals surface area contributed by atoms with E-state index in [1.165, 1.54) is 6.42 Å². The lowest BCUT2D eigenvalue weighted by atomic mass is 9.93. The minimum absolute atomic E-state index is 0. The maximum Gasteiger partial charge on any atom is 0.254 e. The molecule has 1 aliphatic rings. The molecule has 1 aliphatic heterocycles. The molecule has 0 radical (unpaired) electrons. The van der Waals surface area contributed by atoms with Crippen molar-refractivity contribution in [2.45, 2.75) is 26.2 Å². The summed E-state index contributed by atoms with van der Waals surface area (Å²) in [4.78, 5) is 19.5. The summed E-state index contributed by atoms with van der Waals surface area (Å²) in [6.45, 7) is 4.74. The number of aromatic nitrogens is 1. The van der Waals surface area contributed by atoms with E-state index < -0.39 is 0 Å². The van der Waals surface area contributed by atoms with Gasteiger partial charge in [-0.2, -0.15) is 0 Å². The Morgan fingerprint density at radius 2 is 1.92 bits per heavy atom. The lowest BCUT2D eigenvalue weighted by molar-refractivity contribution is 0.0689. The van der Waals surface area contributed by atoms with Crippen LogP contribution in [0.25, 0.3) is 10.9 Å². The van der Waals surface area contributed by atoms with Gasteiger partial charge in [0, 0.05) is 24.2 Å². The molecule has 0 bridgehead atoms. The fourth-order valence-corrected chi connectivity index (χ4v) is 3.43. The number of rotatable bonds is 4. The van der Waals surface area contributed by atoms with Crippen molar-refractivity contribution in [1.29, 1.82) is 0 Å². The van der Waals surface area contributed by atoms with Gasteiger partial charge in [0.1, 0.15) is 0 Å². The zero-order valence-electron chi connectivity index (χ0n) is 14.8. The first-order valence-electron chi connectivity index (χ1n) is 8.49. The SMILES string of the molecule is CNCCC1CCN(C(=O)c2cc(C)nc3ccccc23)CC1.Cl.Cl. The van der Waals surface area contributed by atoms with E-state index in [2.05, 4.69) is 10.3 Å². The molecule has 1 aromatic heterocycles. The second kappa shape index (κ2) is 9.95. The highest BCUT2D eigenvalue weighted by Crippen LogP contribution is 2.24. The molecule has 1 aromatic carbocycles. The number of aryl methyl sites for hydroxylation is 1. The zero-order chi connectivity index (χ0) is 16.2. The van der Waals surface area contributed by atoms with Crippen molar-refractivity contribution in [3.8, 4) is 0 Å². The Balaban J connectivity index is 0.00000156. The van der Waals surface area contributed by atoms with Crippen LogP contribution in [0, 0.1) is 12.8 Å². The van der Waals surface area contributed by atoms with Crippen molar-refractivity contribution in [3.63, 3.8) is 0 Å². The number of piperidine rings is 1. The van der Waals surface area contributed by atoms with Crippen molar-refractivity contribution in [3.05, 3.63) is 41.6 Å². The van der Waals surface area contributed by atoms with Gasteiger partial charge >= 0.3 is 0 Å². The van der Waals surface area contributed by atoms with Crippen molar-refractivity contribution < 1.29 is 4.79 Å². The van der Waals surface area contributed by atoms with Crippen molar-refractivity contribution in [2.24, 2.45) is 5.92 Å². The first-order chi connectivity index (χ1) is 11.2. The summed E-state index contributed by atoms with van der Waals surface area (Å²) in [6.07, 6.45) is 3.42. The maximum absolute atomic E-state index is 13.0. The van der Waals surface area contributed by atoms with E-state index in [1.807, 2.05) is 49.2 Å². The molecule has 0 aliphatic carbocycles. The van der Waals surface area contributed by atoms with Gasteiger partial charge in [0.15, 0.2) is 0 Å². The van der Waals surface area contributed by atoms with Gasteiger partial charge < -0.3 is 10.2 Å². The van der Waals surface area contributed by atoms with Gasteiger partial charge in [-0.3, -0.25) is 9.78 Å². The third-order valence-corrected chi connectivity index (χ3v) is 4.78. The third kappa shape index (κ3) is 5.06. The minimum atomic E-state index is 0. The molecule has 1 saturated heterocycles. The normalized spacial score (nSPS) is 14.7. The summed E-state index contributed by atoms with van der Waals surface area (Å²) in [5, 5.41) is 4.17. The van der Waals surface area contributed by atoms with Gasteiger partial charge in [0.25, 0.3) is 5.91 Å². The molecule has 0 atom stereocenters. The number of hydrogen-bond acceptors (Lipinski definition) is 3. The molecule has 25 heavy (non-hydrogen) atoms. The maximum atomic E-state index is 13.0. The Morgan fingerprint density at radius 3 is 2.60 bits per heavy atom. The number of hydrogen-bond donors (Lipinski definition) is 1. The second-order valence-electron chi connectivity index (χ2n) is 6.46. The van der Waals surface area contributed by atoms with Crippen LogP contribution in [-0.2, 0) is 0 Å². The van der Waals surface area contributed by atoms with E-state index in [0.29, 0.717) is 0 Å². The zero-order valence-corrected chi connectivity index (χ0v) is 16.5. The number of pyridine rings is 1. The van der Waals surface area contributed by atoms with E-state index >= 15 is 0 Å². The monoisotopic (exact) mass is 383 g/mol. The number of benzene rings is 1. The predicted molar refractivity (Wildman–Crippen MR) is 108 cm³/mol. The number of carbonyl (C=O) groups excluding carboxylic acids is 1. The van der Waals surface area contributed by atoms with Gasteiger partial charge in [-0.25, -0.2) is 0 Å². The molecule has 0 saturated carbocycles. The Kier molecular flexibility index (Phi) is 8.63. The average molecular weight is 384 g/mol. The number of carbonyl (C=O) groups is 1. The van der Waals surface area contributed by atoms with Gasteiger partial charge in [0.2, 0.25) is 0 Å². The standard InChI is InChI=1S/C19H25N3O.2ClH/c1-14-13-17(16-5-3-4-6-18(16)21-14)19(23)22-11-8-15(9-12-22)7-10-20-2;;/h3-6,13,15,20H,7-12H2,1-2H3;2*1H. The number of halogens is 2. The summed E-state index contributed by atoms with van der Waals surface area (Å²) >= 11 is 0. The summed E-state index contributed by atoms with van der Waals surface area (Å²) in [6, 6.07) is 9.84. The smallest absolute Gasteiger partial charge is 0.254 e. The summed E-state index contributed by atoms with van der Waals surface area (Å²) in [7, 11) is 2.00. The molecule has 2 heterocycles. The number of likely N-dealkylation sites (tertiary alicyclic amines) is 1. The molecule has 0 spiro atoms. The van der Waals surface area contributed by atoms with Gasteiger partial charge in [-0.15, -0.1) is 24.8 Å². The molecule has 1 fully saturated rings. The fourth-order valence-electron chi connectivity index (χ4n) is 3.43. The van der Waals surface area contributed by atoms with Crippen LogP contribution in [0.3, 0.4) is 0 Å². The van der Waals surface area contributed by atoms with Crippen LogP contribution >= 0.6 is 24.8 Å². The van der Waals surface area contributed by atoms with Crippen molar-refractivity contribution >= 4 is 41.6 Å². The van der Waals surface area contributed by atoms with Gasteiger partial charge in [-0.05, 0) is 57.8 Å². The number of nitrogens with zero attached hydrogens (tertiary/aromatic N) is 2. The number of amides is 1. The second-order valence-corrected chi connectivity index (χ2v) is 6.46. The van der Waals surface area contributed by atoms with Crippen LogP contribution < -0.4 is 5.32 Å². The lowest BCUT2D eigenvalue weighted by Crippen LogP contribution is -2.39. The van der Waals surface area contributed by atoms with Crippen LogP contribution in [0.1, 0.15) is 35.3 Å². The lowest BCUT2D eigenvalue weighted by Gasteiger charge is -2.32. The molecular formula is C19H27Cl2N3O. The van der Waals surface area contributed by atoms with Crippen LogP contribution in [-0.4, -0.2) is 42.5 Å². The highest BCUT2D eigenvalue weighted by molar-refractivity contribution is 6.06. The largest absolute Gasteiger partial charge is 0.339 e. The molecule has 3 rings (SSSR count). The highest BCUT2D eigenvalue weighted by atomic mass is 35.5. The Labute approximate surface area is 162 Å². The van der Waals surface area contributed by atoms with Crippen LogP contribution in [0.4, 0.5) is 0 Å². The van der Waals surface area contributed by atoms with Gasteiger partial charge in [-0.1, -0.05) is 18.2 Å². The summed E-state index contributed by atoms with van der Waals surface area (Å²) in [5.74, 6) is 0.890. The Morgan fingerprint density at radius 1 is 1.24 bits per heavy atom. The first-order valence-corrected chi connectivity index (χ1v) is 8.49. The topological polar surface area (TPSA) is 45.2 Å². The average Bonchev–Trinajstić information content (AvgIpc) is 2.59. The Hall–Kier alpha value is -1.36. The van der Waals surface area contributed by atoms with E-state index in [-0.39, 0.29) is 30.7 Å². The minimum Gasteiger partial charge on any atom is -0.339 e.